The van der Waals surface area contributed by atoms with Gasteiger partial charge >= 0.3 is 0 Å². The van der Waals surface area contributed by atoms with Gasteiger partial charge in [0, 0.05) is 11.5 Å². The Morgan fingerprint density at radius 2 is 1.85 bits per heavy atom. The van der Waals surface area contributed by atoms with Gasteiger partial charge in [-0.15, -0.1) is 0 Å². The molecule has 0 radical (unpaired) electrons. The zero-order valence-corrected chi connectivity index (χ0v) is 8.55. The molecule has 0 bridgehead atoms. The van der Waals surface area contributed by atoms with E-state index in [2.05, 4.69) is 5.32 Å². The fourth-order valence-electron chi connectivity index (χ4n) is 2.98. The van der Waals surface area contributed by atoms with E-state index >= 15 is 0 Å². The quantitative estimate of drug-likeness (QED) is 0.598. The van der Waals surface area contributed by atoms with Gasteiger partial charge in [0.15, 0.2) is 0 Å². The number of rotatable bonds is 2. The van der Waals surface area contributed by atoms with E-state index in [0.29, 0.717) is 12.0 Å². The van der Waals surface area contributed by atoms with Crippen LogP contribution in [-0.4, -0.2) is 31.0 Å². The Bertz CT molecular complexity index is 154. The van der Waals surface area contributed by atoms with Gasteiger partial charge in [0.2, 0.25) is 0 Å². The molecule has 0 aromatic heterocycles. The Labute approximate surface area is 81.5 Å². The minimum Gasteiger partial charge on any atom is -0.397 e. The average molecular weight is 181 g/mol. The SMILES string of the molecule is B[C@@](O)(C1CCCC1)[C@@H]1CCCN1. The number of aliphatic hydroxyl groups is 1. The molecule has 0 unspecified atom stereocenters. The first-order valence-corrected chi connectivity index (χ1v) is 5.67. The lowest BCUT2D eigenvalue weighted by Crippen LogP contribution is -2.53. The highest BCUT2D eigenvalue weighted by Crippen LogP contribution is 2.36. The van der Waals surface area contributed by atoms with E-state index in [1.165, 1.54) is 32.1 Å². The fourth-order valence-corrected chi connectivity index (χ4v) is 2.98. The summed E-state index contributed by atoms with van der Waals surface area (Å²) in [5.74, 6) is 0.545. The zero-order chi connectivity index (χ0) is 9.31. The zero-order valence-electron chi connectivity index (χ0n) is 8.55. The summed E-state index contributed by atoms with van der Waals surface area (Å²) in [6, 6.07) is 0.357. The molecular formula is C10H20BNO. The smallest absolute Gasteiger partial charge is 0.145 e. The largest absolute Gasteiger partial charge is 0.397 e. The molecule has 0 aromatic carbocycles. The number of hydrogen-bond donors (Lipinski definition) is 2. The summed E-state index contributed by atoms with van der Waals surface area (Å²) < 4.78 is 0. The van der Waals surface area contributed by atoms with E-state index < -0.39 is 5.50 Å². The first-order chi connectivity index (χ1) is 6.21. The van der Waals surface area contributed by atoms with E-state index in [4.69, 9.17) is 0 Å². The van der Waals surface area contributed by atoms with Crippen LogP contribution in [0.3, 0.4) is 0 Å². The molecule has 1 aliphatic heterocycles. The molecule has 1 saturated heterocycles. The van der Waals surface area contributed by atoms with Crippen LogP contribution in [0.5, 0.6) is 0 Å². The molecule has 1 aliphatic carbocycles. The minimum absolute atomic E-state index is 0.357. The molecule has 0 spiro atoms. The third kappa shape index (κ3) is 1.77. The predicted molar refractivity (Wildman–Crippen MR) is 56.5 cm³/mol. The summed E-state index contributed by atoms with van der Waals surface area (Å²) in [5, 5.41) is 13.9. The maximum atomic E-state index is 10.5. The molecule has 2 aliphatic rings. The topological polar surface area (TPSA) is 32.3 Å². The summed E-state index contributed by atoms with van der Waals surface area (Å²) >= 11 is 0. The van der Waals surface area contributed by atoms with Crippen molar-refractivity contribution in [1.82, 2.24) is 5.32 Å². The summed E-state index contributed by atoms with van der Waals surface area (Å²) in [6.45, 7) is 1.09. The van der Waals surface area contributed by atoms with Crippen molar-refractivity contribution in [2.75, 3.05) is 6.54 Å². The molecule has 2 N–H and O–H groups in total. The van der Waals surface area contributed by atoms with Crippen LogP contribution < -0.4 is 5.32 Å². The van der Waals surface area contributed by atoms with Crippen molar-refractivity contribution >= 4 is 7.85 Å². The highest BCUT2D eigenvalue weighted by molar-refractivity contribution is 6.15. The molecule has 2 rings (SSSR count). The van der Waals surface area contributed by atoms with Crippen molar-refractivity contribution in [3.8, 4) is 0 Å². The van der Waals surface area contributed by atoms with Crippen LogP contribution in [0.4, 0.5) is 0 Å². The number of hydrogen-bond acceptors (Lipinski definition) is 2. The second kappa shape index (κ2) is 3.62. The van der Waals surface area contributed by atoms with E-state index in [1.54, 1.807) is 0 Å². The van der Waals surface area contributed by atoms with Crippen LogP contribution in [0.25, 0.3) is 0 Å². The second-order valence-corrected chi connectivity index (χ2v) is 4.86. The summed E-state index contributed by atoms with van der Waals surface area (Å²) in [5.41, 5.74) is -0.451. The Kier molecular flexibility index (Phi) is 2.66. The molecule has 2 atom stereocenters. The van der Waals surface area contributed by atoms with Gasteiger partial charge in [-0.3, -0.25) is 0 Å². The molecule has 1 saturated carbocycles. The van der Waals surface area contributed by atoms with E-state index in [9.17, 15) is 5.11 Å². The first-order valence-electron chi connectivity index (χ1n) is 5.67. The first kappa shape index (κ1) is 9.54. The Morgan fingerprint density at radius 3 is 2.38 bits per heavy atom. The summed E-state index contributed by atoms with van der Waals surface area (Å²) in [6.07, 6.45) is 7.47. The van der Waals surface area contributed by atoms with Crippen LogP contribution >= 0.6 is 0 Å². The van der Waals surface area contributed by atoms with Crippen molar-refractivity contribution in [2.45, 2.75) is 50.1 Å². The lowest BCUT2D eigenvalue weighted by molar-refractivity contribution is 0.0335. The van der Waals surface area contributed by atoms with Gasteiger partial charge in [0.05, 0.1) is 0 Å². The van der Waals surface area contributed by atoms with Crippen molar-refractivity contribution < 1.29 is 5.11 Å². The van der Waals surface area contributed by atoms with Gasteiger partial charge in [0.25, 0.3) is 0 Å². The molecule has 3 heteroatoms. The molecular weight excluding hydrogens is 161 g/mol. The normalized spacial score (nSPS) is 35.0. The Morgan fingerprint density at radius 1 is 1.15 bits per heavy atom. The monoisotopic (exact) mass is 181 g/mol. The van der Waals surface area contributed by atoms with E-state index in [-0.39, 0.29) is 0 Å². The second-order valence-electron chi connectivity index (χ2n) is 4.86. The molecule has 0 amide bonds. The highest BCUT2D eigenvalue weighted by atomic mass is 16.3. The van der Waals surface area contributed by atoms with Crippen LogP contribution in [0.2, 0.25) is 0 Å². The molecule has 13 heavy (non-hydrogen) atoms. The fraction of sp³-hybridized carbons (Fsp3) is 1.00. The van der Waals surface area contributed by atoms with Gasteiger partial charge in [-0.05, 0) is 38.1 Å². The lowest BCUT2D eigenvalue weighted by atomic mass is 9.65. The molecule has 0 aromatic rings. The van der Waals surface area contributed by atoms with Gasteiger partial charge in [-0.25, -0.2) is 0 Å². The highest BCUT2D eigenvalue weighted by Gasteiger charge is 2.41. The van der Waals surface area contributed by atoms with Gasteiger partial charge < -0.3 is 10.4 Å². The number of nitrogens with one attached hydrogen (secondary N) is 1. The Hall–Kier alpha value is -0.0151. The van der Waals surface area contributed by atoms with Crippen molar-refractivity contribution in [1.29, 1.82) is 0 Å². The molecule has 74 valence electrons. The van der Waals surface area contributed by atoms with Gasteiger partial charge in [-0.2, -0.15) is 0 Å². The van der Waals surface area contributed by atoms with Crippen LogP contribution in [0.1, 0.15) is 38.5 Å². The van der Waals surface area contributed by atoms with Gasteiger partial charge in [0.1, 0.15) is 7.85 Å². The third-order valence-corrected chi connectivity index (χ3v) is 3.95. The molecule has 2 nitrogen and oxygen atoms in total. The third-order valence-electron chi connectivity index (χ3n) is 3.95. The van der Waals surface area contributed by atoms with E-state index in [1.807, 2.05) is 7.85 Å². The van der Waals surface area contributed by atoms with Crippen molar-refractivity contribution in [3.05, 3.63) is 0 Å². The minimum atomic E-state index is -0.451. The van der Waals surface area contributed by atoms with Crippen molar-refractivity contribution in [2.24, 2.45) is 5.92 Å². The van der Waals surface area contributed by atoms with Crippen LogP contribution in [-0.2, 0) is 0 Å². The molecule has 1 heterocycles. The van der Waals surface area contributed by atoms with E-state index in [0.717, 1.165) is 13.0 Å². The molecule has 2 fully saturated rings. The lowest BCUT2D eigenvalue weighted by Gasteiger charge is -2.36. The maximum Gasteiger partial charge on any atom is 0.145 e. The van der Waals surface area contributed by atoms with Crippen LogP contribution in [0.15, 0.2) is 0 Å². The summed E-state index contributed by atoms with van der Waals surface area (Å²) in [7, 11) is 2.03. The standard InChI is InChI=1S/C10H20BNO/c11-10(13,8-4-1-2-5-8)9-6-3-7-12-9/h8-9,12-13H,1-7,11H2/t9-,10+/m0/s1. The van der Waals surface area contributed by atoms with Crippen molar-refractivity contribution in [3.63, 3.8) is 0 Å². The summed E-state index contributed by atoms with van der Waals surface area (Å²) in [4.78, 5) is 0. The predicted octanol–water partition coefficient (Wildman–Crippen LogP) is 0.250. The van der Waals surface area contributed by atoms with Crippen LogP contribution in [0, 0.1) is 5.92 Å². The maximum absolute atomic E-state index is 10.5. The Balaban J connectivity index is 1.99. The average Bonchev–Trinajstić information content (AvgIpc) is 2.78. The van der Waals surface area contributed by atoms with Gasteiger partial charge in [-0.1, -0.05) is 12.8 Å².